The normalized spacial score (nSPS) is 10.4. The maximum atomic E-state index is 12.5. The number of amides is 1. The molecule has 0 unspecified atom stereocenters. The number of carbonyl (C=O) groups is 2. The van der Waals surface area contributed by atoms with E-state index >= 15 is 0 Å². The molecule has 0 saturated heterocycles. The zero-order valence-electron chi connectivity index (χ0n) is 13.2. The van der Waals surface area contributed by atoms with Crippen LogP contribution >= 0.6 is 0 Å². The van der Waals surface area contributed by atoms with Crippen molar-refractivity contribution in [3.8, 4) is 0 Å². The van der Waals surface area contributed by atoms with Gasteiger partial charge in [0.1, 0.15) is 0 Å². The van der Waals surface area contributed by atoms with Gasteiger partial charge < -0.3 is 10.1 Å². The number of esters is 1. The SMILES string of the molecule is COC(=O)c1ccnc(CNC(=O)c2cccc3ccccc23)c1. The van der Waals surface area contributed by atoms with Crippen LogP contribution in [0.15, 0.2) is 60.8 Å². The van der Waals surface area contributed by atoms with Gasteiger partial charge in [0, 0.05) is 11.8 Å². The van der Waals surface area contributed by atoms with Crippen LogP contribution in [-0.4, -0.2) is 24.0 Å². The van der Waals surface area contributed by atoms with Crippen LogP contribution < -0.4 is 5.32 Å². The molecule has 5 nitrogen and oxygen atoms in total. The number of carbonyl (C=O) groups excluding carboxylic acids is 2. The number of hydrogen-bond acceptors (Lipinski definition) is 4. The molecule has 120 valence electrons. The molecule has 1 N–H and O–H groups in total. The molecule has 1 amide bonds. The van der Waals surface area contributed by atoms with Crippen LogP contribution in [0.25, 0.3) is 10.8 Å². The average molecular weight is 320 g/mol. The van der Waals surface area contributed by atoms with Gasteiger partial charge in [-0.15, -0.1) is 0 Å². The Hall–Kier alpha value is -3.21. The number of nitrogens with zero attached hydrogens (tertiary/aromatic N) is 1. The molecule has 3 aromatic rings. The number of fused-ring (bicyclic) bond motifs is 1. The zero-order chi connectivity index (χ0) is 16.9. The van der Waals surface area contributed by atoms with Crippen molar-refractivity contribution in [2.45, 2.75) is 6.54 Å². The van der Waals surface area contributed by atoms with Gasteiger partial charge in [0.25, 0.3) is 5.91 Å². The third-order valence-corrected chi connectivity index (χ3v) is 3.70. The molecule has 0 bridgehead atoms. The van der Waals surface area contributed by atoms with Crippen molar-refractivity contribution in [2.75, 3.05) is 7.11 Å². The van der Waals surface area contributed by atoms with Crippen molar-refractivity contribution in [3.05, 3.63) is 77.6 Å². The van der Waals surface area contributed by atoms with E-state index in [0.29, 0.717) is 16.8 Å². The third-order valence-electron chi connectivity index (χ3n) is 3.70. The first kappa shape index (κ1) is 15.7. The highest BCUT2D eigenvalue weighted by atomic mass is 16.5. The van der Waals surface area contributed by atoms with E-state index in [1.54, 1.807) is 18.2 Å². The van der Waals surface area contributed by atoms with E-state index in [0.717, 1.165) is 10.8 Å². The number of nitrogens with one attached hydrogen (secondary N) is 1. The molecule has 0 saturated carbocycles. The Morgan fingerprint density at radius 1 is 1.08 bits per heavy atom. The lowest BCUT2D eigenvalue weighted by atomic mass is 10.0. The summed E-state index contributed by atoms with van der Waals surface area (Å²) >= 11 is 0. The summed E-state index contributed by atoms with van der Waals surface area (Å²) in [6.45, 7) is 0.229. The minimum absolute atomic E-state index is 0.183. The summed E-state index contributed by atoms with van der Waals surface area (Å²) in [5, 5.41) is 4.75. The Kier molecular flexibility index (Phi) is 4.52. The highest BCUT2D eigenvalue weighted by Crippen LogP contribution is 2.18. The minimum Gasteiger partial charge on any atom is -0.465 e. The first-order valence-electron chi connectivity index (χ1n) is 7.48. The van der Waals surface area contributed by atoms with Crippen LogP contribution in [0.4, 0.5) is 0 Å². The van der Waals surface area contributed by atoms with E-state index in [-0.39, 0.29) is 12.5 Å². The number of aromatic nitrogens is 1. The molecule has 0 fully saturated rings. The Balaban J connectivity index is 1.77. The number of rotatable bonds is 4. The Morgan fingerprint density at radius 2 is 1.88 bits per heavy atom. The van der Waals surface area contributed by atoms with Crippen LogP contribution in [0.5, 0.6) is 0 Å². The van der Waals surface area contributed by atoms with Gasteiger partial charge in [-0.2, -0.15) is 0 Å². The predicted molar refractivity (Wildman–Crippen MR) is 90.7 cm³/mol. The fraction of sp³-hybridized carbons (Fsp3) is 0.105. The highest BCUT2D eigenvalue weighted by molar-refractivity contribution is 6.06. The van der Waals surface area contributed by atoms with Crippen LogP contribution in [0.1, 0.15) is 26.4 Å². The van der Waals surface area contributed by atoms with Crippen molar-refractivity contribution in [1.82, 2.24) is 10.3 Å². The van der Waals surface area contributed by atoms with Crippen molar-refractivity contribution >= 4 is 22.6 Å². The number of hydrogen-bond donors (Lipinski definition) is 1. The van der Waals surface area contributed by atoms with Gasteiger partial charge >= 0.3 is 5.97 Å². The van der Waals surface area contributed by atoms with E-state index in [4.69, 9.17) is 0 Å². The molecule has 24 heavy (non-hydrogen) atoms. The molecule has 0 aliphatic rings. The molecule has 0 aliphatic heterocycles. The Labute approximate surface area is 139 Å². The van der Waals surface area contributed by atoms with Gasteiger partial charge in [0.2, 0.25) is 0 Å². The summed E-state index contributed by atoms with van der Waals surface area (Å²) in [5.41, 5.74) is 1.60. The Morgan fingerprint density at radius 3 is 2.71 bits per heavy atom. The monoisotopic (exact) mass is 320 g/mol. The summed E-state index contributed by atoms with van der Waals surface area (Å²) in [7, 11) is 1.32. The van der Waals surface area contributed by atoms with Crippen molar-refractivity contribution in [3.63, 3.8) is 0 Å². The molecule has 0 atom stereocenters. The van der Waals surface area contributed by atoms with E-state index in [9.17, 15) is 9.59 Å². The molecule has 0 aliphatic carbocycles. The molecule has 2 aromatic carbocycles. The van der Waals surface area contributed by atoms with Crippen LogP contribution in [-0.2, 0) is 11.3 Å². The molecule has 1 aromatic heterocycles. The predicted octanol–water partition coefficient (Wildman–Crippen LogP) is 2.95. The largest absolute Gasteiger partial charge is 0.465 e. The second-order valence-corrected chi connectivity index (χ2v) is 5.24. The maximum absolute atomic E-state index is 12.5. The van der Waals surface area contributed by atoms with Crippen LogP contribution in [0, 0.1) is 0 Å². The van der Waals surface area contributed by atoms with Gasteiger partial charge in [-0.25, -0.2) is 4.79 Å². The second kappa shape index (κ2) is 6.91. The summed E-state index contributed by atoms with van der Waals surface area (Å²) in [6, 6.07) is 16.5. The van der Waals surface area contributed by atoms with E-state index in [2.05, 4.69) is 15.0 Å². The number of pyridine rings is 1. The quantitative estimate of drug-likeness (QED) is 0.751. The molecule has 0 spiro atoms. The fourth-order valence-corrected chi connectivity index (χ4v) is 2.51. The summed E-state index contributed by atoms with van der Waals surface area (Å²) in [5.74, 6) is -0.615. The van der Waals surface area contributed by atoms with Gasteiger partial charge in [0.05, 0.1) is 24.9 Å². The van der Waals surface area contributed by atoms with Crippen LogP contribution in [0.3, 0.4) is 0 Å². The topological polar surface area (TPSA) is 68.3 Å². The molecule has 0 radical (unpaired) electrons. The summed E-state index contributed by atoms with van der Waals surface area (Å²) in [4.78, 5) is 28.2. The zero-order valence-corrected chi connectivity index (χ0v) is 13.2. The lowest BCUT2D eigenvalue weighted by Crippen LogP contribution is -2.23. The average Bonchev–Trinajstić information content (AvgIpc) is 2.65. The molecule has 3 rings (SSSR count). The van der Waals surface area contributed by atoms with Gasteiger partial charge in [-0.05, 0) is 29.0 Å². The van der Waals surface area contributed by atoms with Crippen molar-refractivity contribution < 1.29 is 14.3 Å². The Bertz CT molecular complexity index is 901. The van der Waals surface area contributed by atoms with Crippen molar-refractivity contribution in [2.24, 2.45) is 0 Å². The standard InChI is InChI=1S/C19H16N2O3/c1-24-19(23)14-9-10-20-15(11-14)12-21-18(22)17-8-4-6-13-5-2-3-7-16(13)17/h2-11H,12H2,1H3,(H,21,22). The maximum Gasteiger partial charge on any atom is 0.337 e. The number of ether oxygens (including phenoxy) is 1. The smallest absolute Gasteiger partial charge is 0.337 e. The van der Waals surface area contributed by atoms with E-state index in [1.165, 1.54) is 13.3 Å². The molecular formula is C19H16N2O3. The first-order valence-corrected chi connectivity index (χ1v) is 7.48. The fourth-order valence-electron chi connectivity index (χ4n) is 2.51. The molecule has 5 heteroatoms. The summed E-state index contributed by atoms with van der Waals surface area (Å²) < 4.78 is 4.68. The van der Waals surface area contributed by atoms with E-state index < -0.39 is 5.97 Å². The third kappa shape index (κ3) is 3.25. The highest BCUT2D eigenvalue weighted by Gasteiger charge is 2.11. The minimum atomic E-state index is -0.431. The number of methoxy groups -OCH3 is 1. The van der Waals surface area contributed by atoms with Gasteiger partial charge in [0.15, 0.2) is 0 Å². The second-order valence-electron chi connectivity index (χ2n) is 5.24. The van der Waals surface area contributed by atoms with E-state index in [1.807, 2.05) is 36.4 Å². The molecular weight excluding hydrogens is 304 g/mol. The summed E-state index contributed by atoms with van der Waals surface area (Å²) in [6.07, 6.45) is 1.52. The molecule has 1 heterocycles. The number of benzene rings is 2. The van der Waals surface area contributed by atoms with Gasteiger partial charge in [-0.3, -0.25) is 9.78 Å². The lowest BCUT2D eigenvalue weighted by molar-refractivity contribution is 0.0600. The van der Waals surface area contributed by atoms with Crippen LogP contribution in [0.2, 0.25) is 0 Å². The van der Waals surface area contributed by atoms with Gasteiger partial charge in [-0.1, -0.05) is 36.4 Å². The first-order chi connectivity index (χ1) is 11.7. The van der Waals surface area contributed by atoms with Crippen molar-refractivity contribution in [1.29, 1.82) is 0 Å². The lowest BCUT2D eigenvalue weighted by Gasteiger charge is -2.08.